The highest BCUT2D eigenvalue weighted by molar-refractivity contribution is 5.31. The van der Waals surface area contributed by atoms with E-state index in [0.717, 1.165) is 30.9 Å². The summed E-state index contributed by atoms with van der Waals surface area (Å²) in [6, 6.07) is 3.88. The average Bonchev–Trinajstić information content (AvgIpc) is 2.40. The fraction of sp³-hybridized carbons (Fsp3) is 0.643. The van der Waals surface area contributed by atoms with Gasteiger partial charge in [-0.2, -0.15) is 0 Å². The largest absolute Gasteiger partial charge is 0.492 e. The van der Waals surface area contributed by atoms with Crippen LogP contribution in [0.4, 0.5) is 0 Å². The predicted octanol–water partition coefficient (Wildman–Crippen LogP) is 2.74. The van der Waals surface area contributed by atoms with Crippen molar-refractivity contribution < 1.29 is 14.2 Å². The van der Waals surface area contributed by atoms with E-state index in [1.54, 1.807) is 0 Å². The van der Waals surface area contributed by atoms with E-state index in [1.165, 1.54) is 0 Å². The lowest BCUT2D eigenvalue weighted by molar-refractivity contribution is -0.143. The molecule has 0 bridgehead atoms. The maximum atomic E-state index is 5.61. The minimum atomic E-state index is -0.141. The minimum absolute atomic E-state index is 0.141. The topological polar surface area (TPSA) is 40.6 Å². The number of pyridine rings is 1. The summed E-state index contributed by atoms with van der Waals surface area (Å²) >= 11 is 0. The van der Waals surface area contributed by atoms with Crippen LogP contribution in [-0.4, -0.2) is 31.1 Å². The molecule has 4 heteroatoms. The molecule has 1 unspecified atom stereocenters. The molecule has 100 valence electrons. The summed E-state index contributed by atoms with van der Waals surface area (Å²) in [7, 11) is 0. The highest BCUT2D eigenvalue weighted by atomic mass is 16.7. The molecule has 0 saturated carbocycles. The van der Waals surface area contributed by atoms with Gasteiger partial charge in [0.25, 0.3) is 0 Å². The normalized spacial score (nSPS) is 18.5. The number of hydrogen-bond acceptors (Lipinski definition) is 4. The Morgan fingerprint density at radius 2 is 2.17 bits per heavy atom. The Hall–Kier alpha value is -1.13. The lowest BCUT2D eigenvalue weighted by Crippen LogP contribution is -2.24. The van der Waals surface area contributed by atoms with Gasteiger partial charge in [-0.05, 0) is 32.4 Å². The van der Waals surface area contributed by atoms with Gasteiger partial charge in [-0.3, -0.25) is 4.98 Å². The van der Waals surface area contributed by atoms with Gasteiger partial charge < -0.3 is 14.2 Å². The summed E-state index contributed by atoms with van der Waals surface area (Å²) in [5.74, 6) is 1.26. The summed E-state index contributed by atoms with van der Waals surface area (Å²) in [6.07, 6.45) is 3.49. The highest BCUT2D eigenvalue weighted by Gasteiger charge is 2.26. The summed E-state index contributed by atoms with van der Waals surface area (Å²) < 4.78 is 16.8. The first kappa shape index (κ1) is 13.3. The zero-order valence-electron chi connectivity index (χ0n) is 11.1. The maximum Gasteiger partial charge on any atom is 0.158 e. The summed E-state index contributed by atoms with van der Waals surface area (Å²) in [4.78, 5) is 4.44. The number of aromatic nitrogens is 1. The third-order valence-corrected chi connectivity index (χ3v) is 3.09. The van der Waals surface area contributed by atoms with Crippen LogP contribution in [0, 0.1) is 0 Å². The summed E-state index contributed by atoms with van der Waals surface area (Å²) in [5.41, 5.74) is 1.04. The molecule has 4 nitrogen and oxygen atoms in total. The van der Waals surface area contributed by atoms with Crippen molar-refractivity contribution in [1.82, 2.24) is 4.98 Å². The van der Waals surface area contributed by atoms with Gasteiger partial charge in [0.05, 0.1) is 12.3 Å². The molecule has 0 N–H and O–H groups in total. The number of nitrogens with zero attached hydrogens (tertiary/aromatic N) is 1. The summed E-state index contributed by atoms with van der Waals surface area (Å²) in [5, 5.41) is 0. The fourth-order valence-corrected chi connectivity index (χ4v) is 2.30. The third kappa shape index (κ3) is 3.21. The Bertz CT molecular complexity index is 364. The molecular weight excluding hydrogens is 230 g/mol. The molecule has 0 aromatic carbocycles. The van der Waals surface area contributed by atoms with Crippen molar-refractivity contribution in [2.75, 3.05) is 19.8 Å². The van der Waals surface area contributed by atoms with Crippen LogP contribution < -0.4 is 4.74 Å². The van der Waals surface area contributed by atoms with E-state index < -0.39 is 0 Å². The molecule has 1 aliphatic heterocycles. The van der Waals surface area contributed by atoms with Crippen molar-refractivity contribution in [2.24, 2.45) is 0 Å². The lowest BCUT2D eigenvalue weighted by atomic mass is 9.94. The molecule has 2 heterocycles. The second-order valence-corrected chi connectivity index (χ2v) is 4.30. The standard InChI is InChI=1S/C14H21NO3/c1-3-16-13(17-4-2)10-11-7-9-18-12-6-5-8-15-14(11)12/h5-6,8,11,13H,3-4,7,9-10H2,1-2H3. The second kappa shape index (κ2) is 6.71. The van der Waals surface area contributed by atoms with Gasteiger partial charge in [0.15, 0.2) is 6.29 Å². The molecule has 1 aromatic heterocycles. The van der Waals surface area contributed by atoms with Crippen LogP contribution in [0.25, 0.3) is 0 Å². The Labute approximate surface area is 108 Å². The number of fused-ring (bicyclic) bond motifs is 1. The van der Waals surface area contributed by atoms with Gasteiger partial charge in [-0.15, -0.1) is 0 Å². The minimum Gasteiger partial charge on any atom is -0.492 e. The van der Waals surface area contributed by atoms with Gasteiger partial charge in [-0.1, -0.05) is 0 Å². The van der Waals surface area contributed by atoms with E-state index >= 15 is 0 Å². The number of rotatable bonds is 6. The van der Waals surface area contributed by atoms with Crippen molar-refractivity contribution in [1.29, 1.82) is 0 Å². The molecule has 0 amide bonds. The van der Waals surface area contributed by atoms with Crippen molar-refractivity contribution >= 4 is 0 Å². The first-order valence-electron chi connectivity index (χ1n) is 6.66. The van der Waals surface area contributed by atoms with Gasteiger partial charge in [0.1, 0.15) is 5.75 Å². The van der Waals surface area contributed by atoms with Gasteiger partial charge in [-0.25, -0.2) is 0 Å². The average molecular weight is 251 g/mol. The van der Waals surface area contributed by atoms with Gasteiger partial charge >= 0.3 is 0 Å². The van der Waals surface area contributed by atoms with Crippen LogP contribution in [0.3, 0.4) is 0 Å². The quantitative estimate of drug-likeness (QED) is 0.729. The molecule has 1 aliphatic rings. The van der Waals surface area contributed by atoms with Crippen LogP contribution in [0.2, 0.25) is 0 Å². The number of ether oxygens (including phenoxy) is 3. The second-order valence-electron chi connectivity index (χ2n) is 4.30. The molecule has 0 radical (unpaired) electrons. The van der Waals surface area contributed by atoms with E-state index in [4.69, 9.17) is 14.2 Å². The van der Waals surface area contributed by atoms with Crippen molar-refractivity contribution in [3.05, 3.63) is 24.0 Å². The van der Waals surface area contributed by atoms with E-state index in [9.17, 15) is 0 Å². The van der Waals surface area contributed by atoms with Crippen molar-refractivity contribution in [3.8, 4) is 5.75 Å². The van der Waals surface area contributed by atoms with Crippen molar-refractivity contribution in [3.63, 3.8) is 0 Å². The van der Waals surface area contributed by atoms with Crippen LogP contribution in [0.1, 0.15) is 38.3 Å². The third-order valence-electron chi connectivity index (χ3n) is 3.09. The predicted molar refractivity (Wildman–Crippen MR) is 68.7 cm³/mol. The Morgan fingerprint density at radius 1 is 1.39 bits per heavy atom. The van der Waals surface area contributed by atoms with Crippen LogP contribution >= 0.6 is 0 Å². The Balaban J connectivity index is 2.05. The number of hydrogen-bond donors (Lipinski definition) is 0. The Kier molecular flexibility index (Phi) is 4.96. The fourth-order valence-electron chi connectivity index (χ4n) is 2.30. The first-order chi connectivity index (χ1) is 8.85. The Morgan fingerprint density at radius 3 is 2.89 bits per heavy atom. The van der Waals surface area contributed by atoms with Crippen molar-refractivity contribution in [2.45, 2.75) is 38.9 Å². The summed E-state index contributed by atoms with van der Waals surface area (Å²) in [6.45, 7) is 6.06. The molecule has 18 heavy (non-hydrogen) atoms. The molecule has 0 spiro atoms. The molecule has 1 atom stereocenters. The molecule has 0 fully saturated rings. The molecule has 1 aromatic rings. The molecular formula is C14H21NO3. The zero-order valence-corrected chi connectivity index (χ0v) is 11.1. The van der Waals surface area contributed by atoms with Crippen LogP contribution in [-0.2, 0) is 9.47 Å². The highest BCUT2D eigenvalue weighted by Crippen LogP contribution is 2.35. The van der Waals surface area contributed by atoms with E-state index in [2.05, 4.69) is 4.98 Å². The lowest BCUT2D eigenvalue weighted by Gasteiger charge is -2.27. The molecule has 0 saturated heterocycles. The van der Waals surface area contributed by atoms with E-state index in [1.807, 2.05) is 32.2 Å². The van der Waals surface area contributed by atoms with Gasteiger partial charge in [0.2, 0.25) is 0 Å². The van der Waals surface area contributed by atoms with Crippen LogP contribution in [0.5, 0.6) is 5.75 Å². The zero-order chi connectivity index (χ0) is 12.8. The maximum absolute atomic E-state index is 5.61. The monoisotopic (exact) mass is 251 g/mol. The SMILES string of the molecule is CCOC(CC1CCOc2cccnc21)OCC. The van der Waals surface area contributed by atoms with E-state index in [0.29, 0.717) is 19.1 Å². The van der Waals surface area contributed by atoms with Gasteiger partial charge in [0, 0.05) is 31.7 Å². The molecule has 0 aliphatic carbocycles. The van der Waals surface area contributed by atoms with E-state index in [-0.39, 0.29) is 6.29 Å². The smallest absolute Gasteiger partial charge is 0.158 e. The van der Waals surface area contributed by atoms with Crippen LogP contribution in [0.15, 0.2) is 18.3 Å². The first-order valence-corrected chi connectivity index (χ1v) is 6.66. The molecule has 2 rings (SSSR count).